The van der Waals surface area contributed by atoms with Crippen LogP contribution in [-0.4, -0.2) is 9.97 Å². The Labute approximate surface area is 100 Å². The smallest absolute Gasteiger partial charge is 0.0975 e. The Morgan fingerprint density at radius 1 is 1.00 bits per heavy atom. The summed E-state index contributed by atoms with van der Waals surface area (Å²) in [6, 6.07) is 10.1. The van der Waals surface area contributed by atoms with Gasteiger partial charge in [0.05, 0.1) is 11.0 Å². The summed E-state index contributed by atoms with van der Waals surface area (Å²) < 4.78 is 1.22. The molecule has 0 fully saturated rings. The zero-order valence-corrected chi connectivity index (χ0v) is 9.97. The first kappa shape index (κ1) is 9.03. The van der Waals surface area contributed by atoms with Crippen molar-refractivity contribution in [2.24, 2.45) is 0 Å². The summed E-state index contributed by atoms with van der Waals surface area (Å²) >= 11 is 2.34. The lowest BCUT2D eigenvalue weighted by molar-refractivity contribution is 1.36. The van der Waals surface area contributed by atoms with Gasteiger partial charge in [0, 0.05) is 26.7 Å². The van der Waals surface area contributed by atoms with Gasteiger partial charge < -0.3 is 0 Å². The molecule has 0 N–H and O–H groups in total. The lowest BCUT2D eigenvalue weighted by atomic mass is 10.1. The first-order valence-corrected chi connectivity index (χ1v) is 5.72. The van der Waals surface area contributed by atoms with Crippen LogP contribution in [0.1, 0.15) is 0 Å². The summed E-state index contributed by atoms with van der Waals surface area (Å²) in [4.78, 5) is 8.79. The minimum absolute atomic E-state index is 0.953. The number of rotatable bonds is 0. The quantitative estimate of drug-likeness (QED) is 0.470. The number of aromatic nitrogens is 2. The van der Waals surface area contributed by atoms with Crippen molar-refractivity contribution < 1.29 is 0 Å². The van der Waals surface area contributed by atoms with Crippen molar-refractivity contribution in [2.75, 3.05) is 0 Å². The van der Waals surface area contributed by atoms with E-state index in [2.05, 4.69) is 44.7 Å². The van der Waals surface area contributed by atoms with Crippen molar-refractivity contribution in [1.82, 2.24) is 9.97 Å². The second kappa shape index (κ2) is 3.41. The van der Waals surface area contributed by atoms with Gasteiger partial charge in [0.15, 0.2) is 0 Å². The number of benzene rings is 1. The minimum Gasteiger partial charge on any atom is -0.254 e. The number of halogens is 1. The molecule has 72 valence electrons. The number of fused-ring (bicyclic) bond motifs is 3. The van der Waals surface area contributed by atoms with E-state index in [-0.39, 0.29) is 0 Å². The fourth-order valence-corrected chi connectivity index (χ4v) is 2.51. The molecule has 0 saturated heterocycles. The first-order chi connectivity index (χ1) is 7.36. The van der Waals surface area contributed by atoms with E-state index in [4.69, 9.17) is 0 Å². The van der Waals surface area contributed by atoms with Crippen LogP contribution in [0, 0.1) is 3.57 Å². The molecule has 0 bridgehead atoms. The maximum absolute atomic E-state index is 4.40. The molecule has 0 saturated carbocycles. The van der Waals surface area contributed by atoms with E-state index in [1.807, 2.05) is 30.6 Å². The van der Waals surface area contributed by atoms with Gasteiger partial charge in [0.25, 0.3) is 0 Å². The second-order valence-electron chi connectivity index (χ2n) is 3.33. The predicted octanol–water partition coefficient (Wildman–Crippen LogP) is 3.39. The second-order valence-corrected chi connectivity index (χ2v) is 4.50. The van der Waals surface area contributed by atoms with Gasteiger partial charge >= 0.3 is 0 Å². The van der Waals surface area contributed by atoms with E-state index in [0.717, 1.165) is 16.4 Å². The van der Waals surface area contributed by atoms with E-state index < -0.39 is 0 Å². The van der Waals surface area contributed by atoms with Gasteiger partial charge in [0.2, 0.25) is 0 Å². The van der Waals surface area contributed by atoms with Crippen LogP contribution in [0.5, 0.6) is 0 Å². The number of nitrogens with zero attached hydrogens (tertiary/aromatic N) is 2. The van der Waals surface area contributed by atoms with E-state index in [1.165, 1.54) is 8.96 Å². The maximum Gasteiger partial charge on any atom is 0.0975 e. The molecule has 15 heavy (non-hydrogen) atoms. The summed E-state index contributed by atoms with van der Waals surface area (Å²) in [5.74, 6) is 0. The highest BCUT2D eigenvalue weighted by Crippen LogP contribution is 2.25. The molecule has 0 amide bonds. The van der Waals surface area contributed by atoms with Gasteiger partial charge in [-0.25, -0.2) is 0 Å². The topological polar surface area (TPSA) is 25.8 Å². The van der Waals surface area contributed by atoms with Gasteiger partial charge in [-0.15, -0.1) is 0 Å². The molecule has 2 nitrogen and oxygen atoms in total. The third-order valence-electron chi connectivity index (χ3n) is 2.41. The lowest BCUT2D eigenvalue weighted by Gasteiger charge is -2.03. The third-order valence-corrected chi connectivity index (χ3v) is 3.31. The lowest BCUT2D eigenvalue weighted by Crippen LogP contribution is -1.86. The fourth-order valence-electron chi connectivity index (χ4n) is 1.73. The largest absolute Gasteiger partial charge is 0.254 e. The van der Waals surface area contributed by atoms with Crippen LogP contribution < -0.4 is 0 Å². The molecule has 0 aliphatic rings. The van der Waals surface area contributed by atoms with Crippen LogP contribution in [-0.2, 0) is 0 Å². The Bertz CT molecular complexity index is 649. The zero-order valence-electron chi connectivity index (χ0n) is 7.81. The van der Waals surface area contributed by atoms with Crippen LogP contribution in [0.15, 0.2) is 42.7 Å². The SMILES string of the molecule is Ic1cccc2cnc3cccnc3c12. The molecule has 0 spiro atoms. The van der Waals surface area contributed by atoms with E-state index >= 15 is 0 Å². The molecule has 3 heteroatoms. The molecule has 0 unspecified atom stereocenters. The van der Waals surface area contributed by atoms with Crippen LogP contribution in [0.4, 0.5) is 0 Å². The number of hydrogen-bond acceptors (Lipinski definition) is 2. The van der Waals surface area contributed by atoms with E-state index in [9.17, 15) is 0 Å². The van der Waals surface area contributed by atoms with Crippen molar-refractivity contribution in [3.8, 4) is 0 Å². The average Bonchev–Trinajstić information content (AvgIpc) is 2.29. The standard InChI is InChI=1S/C12H7IN2/c13-9-4-1-3-8-7-15-10-5-2-6-14-12(10)11(8)9/h1-7H. The van der Waals surface area contributed by atoms with Crippen molar-refractivity contribution in [1.29, 1.82) is 0 Å². The summed E-state index contributed by atoms with van der Waals surface area (Å²) in [5.41, 5.74) is 1.94. The molecule has 2 aromatic heterocycles. The molecule has 3 aromatic rings. The Morgan fingerprint density at radius 3 is 2.87 bits per heavy atom. The highest BCUT2D eigenvalue weighted by Gasteiger charge is 2.04. The maximum atomic E-state index is 4.40. The van der Waals surface area contributed by atoms with Crippen molar-refractivity contribution >= 4 is 44.4 Å². The molecule has 0 atom stereocenters. The van der Waals surface area contributed by atoms with Crippen LogP contribution in [0.2, 0.25) is 0 Å². The van der Waals surface area contributed by atoms with Gasteiger partial charge in [-0.3, -0.25) is 9.97 Å². The summed E-state index contributed by atoms with van der Waals surface area (Å²) in [5, 5.41) is 2.34. The first-order valence-electron chi connectivity index (χ1n) is 4.64. The normalized spacial score (nSPS) is 11.0. The summed E-state index contributed by atoms with van der Waals surface area (Å²) in [6.07, 6.45) is 3.72. The highest BCUT2D eigenvalue weighted by molar-refractivity contribution is 14.1. The molecule has 3 rings (SSSR count). The molecule has 1 aromatic carbocycles. The van der Waals surface area contributed by atoms with Crippen LogP contribution in [0.25, 0.3) is 21.8 Å². The zero-order chi connectivity index (χ0) is 10.3. The van der Waals surface area contributed by atoms with Crippen LogP contribution >= 0.6 is 22.6 Å². The van der Waals surface area contributed by atoms with Crippen molar-refractivity contribution in [2.45, 2.75) is 0 Å². The van der Waals surface area contributed by atoms with Crippen molar-refractivity contribution in [3.05, 3.63) is 46.3 Å². The predicted molar refractivity (Wildman–Crippen MR) is 69.8 cm³/mol. The third kappa shape index (κ3) is 1.38. The van der Waals surface area contributed by atoms with Gasteiger partial charge in [0.1, 0.15) is 0 Å². The van der Waals surface area contributed by atoms with Gasteiger partial charge in [-0.2, -0.15) is 0 Å². The number of hydrogen-bond donors (Lipinski definition) is 0. The van der Waals surface area contributed by atoms with Gasteiger partial charge in [-0.1, -0.05) is 12.1 Å². The van der Waals surface area contributed by atoms with Crippen molar-refractivity contribution in [3.63, 3.8) is 0 Å². The summed E-state index contributed by atoms with van der Waals surface area (Å²) in [7, 11) is 0. The molecule has 0 aliphatic heterocycles. The Balaban J connectivity index is 2.64. The molecule has 0 radical (unpaired) electrons. The minimum atomic E-state index is 0.953. The average molecular weight is 306 g/mol. The fraction of sp³-hybridized carbons (Fsp3) is 0. The Hall–Kier alpha value is -1.23. The monoisotopic (exact) mass is 306 g/mol. The van der Waals surface area contributed by atoms with Gasteiger partial charge in [-0.05, 0) is 40.8 Å². The van der Waals surface area contributed by atoms with E-state index in [0.29, 0.717) is 0 Å². The summed E-state index contributed by atoms with van der Waals surface area (Å²) in [6.45, 7) is 0. The molecular weight excluding hydrogens is 299 g/mol. The Morgan fingerprint density at radius 2 is 1.93 bits per heavy atom. The van der Waals surface area contributed by atoms with Crippen LogP contribution in [0.3, 0.4) is 0 Å². The molecular formula is C12H7IN2. The molecule has 2 heterocycles. The molecule has 0 aliphatic carbocycles. The number of pyridine rings is 2. The van der Waals surface area contributed by atoms with E-state index in [1.54, 1.807) is 0 Å². The highest BCUT2D eigenvalue weighted by atomic mass is 127. The Kier molecular flexibility index (Phi) is 2.05.